The molecule has 0 heterocycles. The molecule has 1 fully saturated rings. The molecule has 0 radical (unpaired) electrons. The van der Waals surface area contributed by atoms with Crippen LogP contribution in [-0.4, -0.2) is 34.4 Å². The van der Waals surface area contributed by atoms with E-state index in [0.29, 0.717) is 0 Å². The number of rotatable bonds is 6. The van der Waals surface area contributed by atoms with Crippen LogP contribution in [0.1, 0.15) is 43.2 Å². The summed E-state index contributed by atoms with van der Waals surface area (Å²) in [7, 11) is 0. The van der Waals surface area contributed by atoms with Crippen LogP contribution >= 0.6 is 0 Å². The number of benzene rings is 2. The van der Waals surface area contributed by atoms with E-state index in [2.05, 4.69) is 65.6 Å². The van der Waals surface area contributed by atoms with Crippen molar-refractivity contribution in [3.05, 3.63) is 71.8 Å². The Balaban J connectivity index is 0.000000511. The molecule has 0 amide bonds. The van der Waals surface area contributed by atoms with Gasteiger partial charge in [-0.25, -0.2) is 0 Å². The molecule has 0 saturated heterocycles. The molecule has 0 atom stereocenters. The van der Waals surface area contributed by atoms with E-state index < -0.39 is 0 Å². The Kier molecular flexibility index (Phi) is 9.27. The van der Waals surface area contributed by atoms with Crippen molar-refractivity contribution < 1.29 is 10.2 Å². The highest BCUT2D eigenvalue weighted by atomic mass is 16.3. The molecule has 3 rings (SSSR count). The van der Waals surface area contributed by atoms with E-state index in [1.807, 2.05) is 0 Å². The minimum absolute atomic E-state index is 0.125. The van der Waals surface area contributed by atoms with Crippen molar-refractivity contribution in [3.8, 4) is 0 Å². The molecule has 2 aromatic carbocycles. The minimum atomic E-state index is -0.125. The zero-order chi connectivity index (χ0) is 17.7. The highest BCUT2D eigenvalue weighted by Gasteiger charge is 2.21. The summed E-state index contributed by atoms with van der Waals surface area (Å²) in [6.45, 7) is 1.89. The van der Waals surface area contributed by atoms with Crippen LogP contribution in [0, 0.1) is 0 Å². The number of nitrogens with zero attached hydrogens (tertiary/aromatic N) is 1. The van der Waals surface area contributed by atoms with Crippen LogP contribution in [0.5, 0.6) is 0 Å². The van der Waals surface area contributed by atoms with Crippen LogP contribution in [0.15, 0.2) is 60.7 Å². The lowest BCUT2D eigenvalue weighted by Gasteiger charge is -2.34. The van der Waals surface area contributed by atoms with Gasteiger partial charge in [-0.15, -0.1) is 0 Å². The lowest BCUT2D eigenvalue weighted by Crippen LogP contribution is -2.35. The lowest BCUT2D eigenvalue weighted by molar-refractivity contribution is 0.140. The normalized spacial score (nSPS) is 14.8. The molecule has 0 unspecified atom stereocenters. The Morgan fingerprint density at radius 1 is 0.680 bits per heavy atom. The molecule has 25 heavy (non-hydrogen) atoms. The fourth-order valence-corrected chi connectivity index (χ4v) is 3.40. The Bertz CT molecular complexity index is 509. The Morgan fingerprint density at radius 3 is 1.52 bits per heavy atom. The number of aliphatic hydroxyl groups excluding tert-OH is 2. The van der Waals surface area contributed by atoms with Gasteiger partial charge in [0.1, 0.15) is 0 Å². The van der Waals surface area contributed by atoms with E-state index in [0.717, 1.165) is 19.1 Å². The smallest absolute Gasteiger partial charge is 0.0662 e. The monoisotopic (exact) mass is 341 g/mol. The second kappa shape index (κ2) is 11.8. The molecule has 136 valence electrons. The van der Waals surface area contributed by atoms with Crippen molar-refractivity contribution in [2.75, 3.05) is 13.2 Å². The average Bonchev–Trinajstić information content (AvgIpc) is 2.70. The van der Waals surface area contributed by atoms with Gasteiger partial charge in [-0.05, 0) is 24.0 Å². The first kappa shape index (κ1) is 19.6. The van der Waals surface area contributed by atoms with E-state index in [4.69, 9.17) is 10.2 Å². The van der Waals surface area contributed by atoms with Crippen molar-refractivity contribution in [1.29, 1.82) is 0 Å². The quantitative estimate of drug-likeness (QED) is 0.835. The SMILES string of the molecule is OCCO.c1ccc(CN(Cc2ccccc2)C2CCCCC2)cc1. The second-order valence-electron chi connectivity index (χ2n) is 6.62. The summed E-state index contributed by atoms with van der Waals surface area (Å²) < 4.78 is 0. The predicted molar refractivity (Wildman–Crippen MR) is 103 cm³/mol. The van der Waals surface area contributed by atoms with Gasteiger partial charge in [0.25, 0.3) is 0 Å². The summed E-state index contributed by atoms with van der Waals surface area (Å²) in [6, 6.07) is 22.6. The number of hydrogen-bond acceptors (Lipinski definition) is 3. The third-order valence-electron chi connectivity index (χ3n) is 4.65. The fourth-order valence-electron chi connectivity index (χ4n) is 3.40. The number of aliphatic hydroxyl groups is 2. The van der Waals surface area contributed by atoms with Gasteiger partial charge >= 0.3 is 0 Å². The molecule has 1 saturated carbocycles. The van der Waals surface area contributed by atoms with Crippen molar-refractivity contribution in [2.24, 2.45) is 0 Å². The van der Waals surface area contributed by atoms with Gasteiger partial charge in [-0.3, -0.25) is 4.90 Å². The maximum absolute atomic E-state index is 7.62. The third kappa shape index (κ3) is 7.39. The highest BCUT2D eigenvalue weighted by molar-refractivity contribution is 5.17. The van der Waals surface area contributed by atoms with Crippen LogP contribution in [-0.2, 0) is 13.1 Å². The first-order chi connectivity index (χ1) is 12.3. The molecule has 3 heteroatoms. The standard InChI is InChI=1S/C20H25N.C2H6O2/c1-4-10-18(11-5-1)16-21(20-14-8-3-9-15-20)17-19-12-6-2-7-13-19;3-1-2-4/h1-2,4-7,10-13,20H,3,8-9,14-17H2;3-4H,1-2H2. The predicted octanol–water partition coefficient (Wildman–Crippen LogP) is 3.99. The molecule has 1 aliphatic carbocycles. The van der Waals surface area contributed by atoms with E-state index in [1.54, 1.807) is 0 Å². The van der Waals surface area contributed by atoms with Crippen LogP contribution in [0.2, 0.25) is 0 Å². The first-order valence-electron chi connectivity index (χ1n) is 9.37. The molecular formula is C22H31NO2. The largest absolute Gasteiger partial charge is 0.394 e. The molecule has 2 aromatic rings. The van der Waals surface area contributed by atoms with Crippen LogP contribution in [0.25, 0.3) is 0 Å². The Morgan fingerprint density at radius 2 is 1.12 bits per heavy atom. The molecule has 0 spiro atoms. The maximum atomic E-state index is 7.62. The molecule has 2 N–H and O–H groups in total. The maximum Gasteiger partial charge on any atom is 0.0662 e. The van der Waals surface area contributed by atoms with Gasteiger partial charge in [-0.1, -0.05) is 79.9 Å². The van der Waals surface area contributed by atoms with Crippen LogP contribution in [0.4, 0.5) is 0 Å². The van der Waals surface area contributed by atoms with Gasteiger partial charge in [0.15, 0.2) is 0 Å². The topological polar surface area (TPSA) is 43.7 Å². The Hall–Kier alpha value is -1.68. The molecule has 0 aliphatic heterocycles. The molecule has 0 aromatic heterocycles. The zero-order valence-electron chi connectivity index (χ0n) is 15.1. The minimum Gasteiger partial charge on any atom is -0.394 e. The molecule has 3 nitrogen and oxygen atoms in total. The highest BCUT2D eigenvalue weighted by Crippen LogP contribution is 2.25. The van der Waals surface area contributed by atoms with Crippen molar-refractivity contribution >= 4 is 0 Å². The van der Waals surface area contributed by atoms with E-state index in [-0.39, 0.29) is 13.2 Å². The molecule has 0 bridgehead atoms. The fraction of sp³-hybridized carbons (Fsp3) is 0.455. The molecule has 1 aliphatic rings. The van der Waals surface area contributed by atoms with Gasteiger partial charge in [-0.2, -0.15) is 0 Å². The number of hydrogen-bond donors (Lipinski definition) is 2. The summed E-state index contributed by atoms with van der Waals surface area (Å²) in [4.78, 5) is 2.68. The third-order valence-corrected chi connectivity index (χ3v) is 4.65. The summed E-state index contributed by atoms with van der Waals surface area (Å²) in [5, 5.41) is 15.2. The zero-order valence-corrected chi connectivity index (χ0v) is 15.1. The molecular weight excluding hydrogens is 310 g/mol. The van der Waals surface area contributed by atoms with Gasteiger partial charge in [0.2, 0.25) is 0 Å². The van der Waals surface area contributed by atoms with Crippen LogP contribution in [0.3, 0.4) is 0 Å². The lowest BCUT2D eigenvalue weighted by atomic mass is 9.93. The van der Waals surface area contributed by atoms with Crippen molar-refractivity contribution in [3.63, 3.8) is 0 Å². The van der Waals surface area contributed by atoms with Gasteiger partial charge < -0.3 is 10.2 Å². The van der Waals surface area contributed by atoms with E-state index in [9.17, 15) is 0 Å². The van der Waals surface area contributed by atoms with Gasteiger partial charge in [0.05, 0.1) is 13.2 Å². The average molecular weight is 341 g/mol. The summed E-state index contributed by atoms with van der Waals surface area (Å²) >= 11 is 0. The van der Waals surface area contributed by atoms with Gasteiger partial charge in [0, 0.05) is 19.1 Å². The van der Waals surface area contributed by atoms with Crippen molar-refractivity contribution in [2.45, 2.75) is 51.2 Å². The summed E-state index contributed by atoms with van der Waals surface area (Å²) in [5.74, 6) is 0. The second-order valence-corrected chi connectivity index (χ2v) is 6.62. The first-order valence-corrected chi connectivity index (χ1v) is 9.37. The summed E-state index contributed by atoms with van der Waals surface area (Å²) in [6.07, 6.45) is 6.93. The Labute approximate surface area is 151 Å². The van der Waals surface area contributed by atoms with Crippen LogP contribution < -0.4 is 0 Å². The van der Waals surface area contributed by atoms with E-state index >= 15 is 0 Å². The summed E-state index contributed by atoms with van der Waals surface area (Å²) in [5.41, 5.74) is 2.86. The van der Waals surface area contributed by atoms with Crippen molar-refractivity contribution in [1.82, 2.24) is 4.90 Å². The van der Waals surface area contributed by atoms with E-state index in [1.165, 1.54) is 43.2 Å².